The van der Waals surface area contributed by atoms with Gasteiger partial charge >= 0.3 is 0 Å². The molecule has 1 heterocycles. The first-order valence-corrected chi connectivity index (χ1v) is 4.70. The van der Waals surface area contributed by atoms with Crippen molar-refractivity contribution in [3.63, 3.8) is 0 Å². The minimum Gasteiger partial charge on any atom is -0.293 e. The van der Waals surface area contributed by atoms with Crippen LogP contribution < -0.4 is 0 Å². The van der Waals surface area contributed by atoms with E-state index in [1.54, 1.807) is 0 Å². The van der Waals surface area contributed by atoms with Crippen LogP contribution in [-0.4, -0.2) is 15.4 Å². The van der Waals surface area contributed by atoms with Gasteiger partial charge in [-0.05, 0) is 24.4 Å². The predicted molar refractivity (Wildman–Crippen MR) is 48.4 cm³/mol. The van der Waals surface area contributed by atoms with Gasteiger partial charge in [-0.2, -0.15) is 0 Å². The third kappa shape index (κ3) is 2.11. The average Bonchev–Trinajstić information content (AvgIpc) is 2.33. The number of aryl methyl sites for hydroxylation is 1. The fourth-order valence-electron chi connectivity index (χ4n) is 0.950. The van der Waals surface area contributed by atoms with Gasteiger partial charge in [0.1, 0.15) is 4.88 Å². The molecule has 0 fully saturated rings. The molecule has 66 valence electrons. The topological polar surface area (TPSA) is 42.9 Å². The monoisotopic (exact) mass is 184 g/mol. The molecule has 0 N–H and O–H groups in total. The molecule has 0 saturated heterocycles. The zero-order valence-corrected chi connectivity index (χ0v) is 8.31. The minimum atomic E-state index is 0.164. The van der Waals surface area contributed by atoms with Crippen molar-refractivity contribution in [3.05, 3.63) is 10.6 Å². The van der Waals surface area contributed by atoms with Gasteiger partial charge in [0, 0.05) is 6.42 Å². The Labute approximate surface area is 76.0 Å². The predicted octanol–water partition coefficient (Wildman–Crippen LogP) is 2.08. The van der Waals surface area contributed by atoms with Crippen LogP contribution >= 0.6 is 11.5 Å². The van der Waals surface area contributed by atoms with Crippen LogP contribution in [0.2, 0.25) is 0 Å². The van der Waals surface area contributed by atoms with Gasteiger partial charge in [-0.1, -0.05) is 18.3 Å². The van der Waals surface area contributed by atoms with Gasteiger partial charge in [-0.3, -0.25) is 4.79 Å². The molecule has 1 rings (SSSR count). The molecule has 12 heavy (non-hydrogen) atoms. The maximum atomic E-state index is 11.5. The third-order valence-electron chi connectivity index (χ3n) is 1.50. The lowest BCUT2D eigenvalue weighted by atomic mass is 10.1. The Morgan fingerprint density at radius 3 is 2.67 bits per heavy atom. The molecule has 0 aliphatic rings. The molecule has 0 aliphatic heterocycles. The number of ketones is 1. The summed E-state index contributed by atoms with van der Waals surface area (Å²) in [6.45, 7) is 5.88. The van der Waals surface area contributed by atoms with Crippen LogP contribution in [0.4, 0.5) is 0 Å². The Bertz CT molecular complexity index is 280. The van der Waals surface area contributed by atoms with Crippen molar-refractivity contribution in [1.82, 2.24) is 9.59 Å². The molecule has 0 radical (unpaired) electrons. The van der Waals surface area contributed by atoms with Crippen molar-refractivity contribution >= 4 is 17.3 Å². The highest BCUT2D eigenvalue weighted by Gasteiger charge is 2.13. The maximum absolute atomic E-state index is 11.5. The summed E-state index contributed by atoms with van der Waals surface area (Å²) in [5.74, 6) is 0.566. The number of hydrogen-bond acceptors (Lipinski definition) is 4. The number of aromatic nitrogens is 2. The summed E-state index contributed by atoms with van der Waals surface area (Å²) in [6, 6.07) is 0. The Morgan fingerprint density at radius 2 is 2.25 bits per heavy atom. The van der Waals surface area contributed by atoms with E-state index in [1.165, 1.54) is 11.5 Å². The first-order valence-electron chi connectivity index (χ1n) is 3.93. The van der Waals surface area contributed by atoms with Crippen LogP contribution in [0.5, 0.6) is 0 Å². The largest absolute Gasteiger partial charge is 0.293 e. The zero-order valence-electron chi connectivity index (χ0n) is 7.50. The van der Waals surface area contributed by atoms with E-state index in [1.807, 2.05) is 20.8 Å². The Morgan fingerprint density at radius 1 is 1.58 bits per heavy atom. The summed E-state index contributed by atoms with van der Waals surface area (Å²) in [5.41, 5.74) is 0.755. The van der Waals surface area contributed by atoms with Gasteiger partial charge in [-0.15, -0.1) is 5.10 Å². The molecular formula is C8H12N2OS. The van der Waals surface area contributed by atoms with E-state index in [9.17, 15) is 4.79 Å². The fraction of sp³-hybridized carbons (Fsp3) is 0.625. The number of Topliss-reactive ketones (excluding diaryl/α,β-unsaturated/α-hetero) is 1. The number of rotatable bonds is 3. The molecule has 0 aliphatic carbocycles. The minimum absolute atomic E-state index is 0.164. The SMILES string of the molecule is Cc1nnsc1C(=O)CC(C)C. The van der Waals surface area contributed by atoms with Crippen molar-refractivity contribution in [2.75, 3.05) is 0 Å². The Balaban J connectivity index is 2.72. The van der Waals surface area contributed by atoms with Crippen LogP contribution in [0.1, 0.15) is 35.6 Å². The number of carbonyl (C=O) groups is 1. The lowest BCUT2D eigenvalue weighted by molar-refractivity contribution is 0.0971. The van der Waals surface area contributed by atoms with E-state index < -0.39 is 0 Å². The van der Waals surface area contributed by atoms with Gasteiger partial charge in [0.25, 0.3) is 0 Å². The van der Waals surface area contributed by atoms with Crippen LogP contribution in [0.25, 0.3) is 0 Å². The van der Waals surface area contributed by atoms with Crippen molar-refractivity contribution < 1.29 is 4.79 Å². The maximum Gasteiger partial charge on any atom is 0.176 e. The van der Waals surface area contributed by atoms with Crippen molar-refractivity contribution in [2.24, 2.45) is 5.92 Å². The molecule has 4 heteroatoms. The second kappa shape index (κ2) is 3.76. The molecule has 0 spiro atoms. The van der Waals surface area contributed by atoms with Crippen LogP contribution in [0.3, 0.4) is 0 Å². The van der Waals surface area contributed by atoms with Gasteiger partial charge in [0.2, 0.25) is 0 Å². The molecular weight excluding hydrogens is 172 g/mol. The highest BCUT2D eigenvalue weighted by molar-refractivity contribution is 7.08. The quantitative estimate of drug-likeness (QED) is 0.675. The number of hydrogen-bond donors (Lipinski definition) is 0. The van der Waals surface area contributed by atoms with E-state index in [0.717, 1.165) is 5.69 Å². The average molecular weight is 184 g/mol. The van der Waals surface area contributed by atoms with Crippen LogP contribution in [0, 0.1) is 12.8 Å². The van der Waals surface area contributed by atoms with Crippen LogP contribution in [0.15, 0.2) is 0 Å². The van der Waals surface area contributed by atoms with E-state index in [2.05, 4.69) is 9.59 Å². The highest BCUT2D eigenvalue weighted by Crippen LogP contribution is 2.14. The molecule has 0 aromatic carbocycles. The van der Waals surface area contributed by atoms with Crippen molar-refractivity contribution in [2.45, 2.75) is 27.2 Å². The molecule has 0 bridgehead atoms. The summed E-state index contributed by atoms with van der Waals surface area (Å²) in [5, 5.41) is 3.79. The fourth-order valence-corrected chi connectivity index (χ4v) is 1.55. The summed E-state index contributed by atoms with van der Waals surface area (Å²) >= 11 is 1.19. The Kier molecular flexibility index (Phi) is 2.92. The van der Waals surface area contributed by atoms with Gasteiger partial charge in [-0.25, -0.2) is 0 Å². The molecule has 1 aromatic rings. The standard InChI is InChI=1S/C8H12N2OS/c1-5(2)4-7(11)8-6(3)9-10-12-8/h5H,4H2,1-3H3. The molecule has 0 saturated carbocycles. The first kappa shape index (κ1) is 9.32. The van der Waals surface area contributed by atoms with Gasteiger partial charge in [0.05, 0.1) is 5.69 Å². The molecule has 0 unspecified atom stereocenters. The second-order valence-electron chi connectivity index (χ2n) is 3.21. The van der Waals surface area contributed by atoms with E-state index in [-0.39, 0.29) is 5.78 Å². The first-order chi connectivity index (χ1) is 5.61. The lowest BCUT2D eigenvalue weighted by Gasteiger charge is -2.00. The normalized spacial score (nSPS) is 10.7. The van der Waals surface area contributed by atoms with Gasteiger partial charge < -0.3 is 0 Å². The summed E-state index contributed by atoms with van der Waals surface area (Å²) in [7, 11) is 0. The van der Waals surface area contributed by atoms with Gasteiger partial charge in [0.15, 0.2) is 5.78 Å². The molecule has 1 aromatic heterocycles. The number of carbonyl (C=O) groups excluding carboxylic acids is 1. The lowest BCUT2D eigenvalue weighted by Crippen LogP contribution is -2.02. The van der Waals surface area contributed by atoms with E-state index >= 15 is 0 Å². The smallest absolute Gasteiger partial charge is 0.176 e. The summed E-state index contributed by atoms with van der Waals surface area (Å²) in [6.07, 6.45) is 0.588. The summed E-state index contributed by atoms with van der Waals surface area (Å²) in [4.78, 5) is 12.2. The van der Waals surface area contributed by atoms with E-state index in [0.29, 0.717) is 17.2 Å². The second-order valence-corrected chi connectivity index (χ2v) is 3.96. The van der Waals surface area contributed by atoms with E-state index in [4.69, 9.17) is 0 Å². The summed E-state index contributed by atoms with van der Waals surface area (Å²) < 4.78 is 3.72. The number of nitrogens with zero attached hydrogens (tertiary/aromatic N) is 2. The van der Waals surface area contributed by atoms with Crippen LogP contribution in [-0.2, 0) is 0 Å². The zero-order chi connectivity index (χ0) is 9.14. The third-order valence-corrected chi connectivity index (χ3v) is 2.37. The van der Waals surface area contributed by atoms with Crippen molar-refractivity contribution in [3.8, 4) is 0 Å². The Hall–Kier alpha value is -0.770. The molecule has 3 nitrogen and oxygen atoms in total. The van der Waals surface area contributed by atoms with Crippen molar-refractivity contribution in [1.29, 1.82) is 0 Å². The molecule has 0 amide bonds. The molecule has 0 atom stereocenters. The highest BCUT2D eigenvalue weighted by atomic mass is 32.1.